The lowest BCUT2D eigenvalue weighted by Crippen LogP contribution is -2.52. The smallest absolute Gasteiger partial charge is 0.198 e. The van der Waals surface area contributed by atoms with E-state index in [1.54, 1.807) is 0 Å². The number of allylic oxidation sites excluding steroid dienone is 2. The van der Waals surface area contributed by atoms with Crippen molar-refractivity contribution in [3.8, 4) is 0 Å². The second-order valence-electron chi connectivity index (χ2n) is 7.56. The van der Waals surface area contributed by atoms with Gasteiger partial charge in [-0.05, 0) is 39.0 Å². The number of aliphatic hydroxyl groups excluding tert-OH is 1. The van der Waals surface area contributed by atoms with E-state index < -0.39 is 0 Å². The first kappa shape index (κ1) is 22.4. The lowest BCUT2D eigenvalue weighted by atomic mass is 10.1. The van der Waals surface area contributed by atoms with Gasteiger partial charge in [-0.15, -0.1) is 0 Å². The maximum absolute atomic E-state index is 9.35. The van der Waals surface area contributed by atoms with Crippen LogP contribution in [0.25, 0.3) is 0 Å². The van der Waals surface area contributed by atoms with Crippen LogP contribution in [0.15, 0.2) is 17.1 Å². The summed E-state index contributed by atoms with van der Waals surface area (Å²) in [5.41, 5.74) is 0. The average Bonchev–Trinajstić information content (AvgIpc) is 3.02. The Balaban J connectivity index is 2.00. The summed E-state index contributed by atoms with van der Waals surface area (Å²) < 4.78 is 0.939. The van der Waals surface area contributed by atoms with Crippen molar-refractivity contribution in [2.75, 3.05) is 32.8 Å². The number of aliphatic imine (C=N–C) groups is 1. The van der Waals surface area contributed by atoms with E-state index in [0.717, 1.165) is 37.1 Å². The Labute approximate surface area is 156 Å². The van der Waals surface area contributed by atoms with Crippen LogP contribution in [0.4, 0.5) is 0 Å². The summed E-state index contributed by atoms with van der Waals surface area (Å²) in [6.45, 7) is 8.73. The van der Waals surface area contributed by atoms with Gasteiger partial charge in [-0.25, -0.2) is 4.99 Å². The first-order valence-electron chi connectivity index (χ1n) is 10.9. The Hall–Kier alpha value is -0.670. The number of amidine groups is 1. The molecule has 0 aliphatic carbocycles. The molecule has 0 saturated carbocycles. The Morgan fingerprint density at radius 1 is 0.920 bits per heavy atom. The normalized spacial score (nSPS) is 20.5. The predicted molar refractivity (Wildman–Crippen MR) is 110 cm³/mol. The summed E-state index contributed by atoms with van der Waals surface area (Å²) in [6, 6.07) is 0. The second-order valence-corrected chi connectivity index (χ2v) is 7.56. The molecule has 0 radical (unpaired) electrons. The van der Waals surface area contributed by atoms with Crippen LogP contribution in [-0.2, 0) is 0 Å². The van der Waals surface area contributed by atoms with Crippen LogP contribution in [0, 0.1) is 0 Å². The second kappa shape index (κ2) is 14.5. The van der Waals surface area contributed by atoms with Crippen molar-refractivity contribution in [2.45, 2.75) is 90.9 Å². The Morgan fingerprint density at radius 2 is 1.56 bits per heavy atom. The van der Waals surface area contributed by atoms with Crippen LogP contribution >= 0.6 is 0 Å². The SMILES string of the molecule is CCCCCCCC/C=C/CCCCCC1=NCC[N+]1(CC)CCO. The third kappa shape index (κ3) is 9.01. The topological polar surface area (TPSA) is 32.6 Å². The van der Waals surface area contributed by atoms with E-state index in [4.69, 9.17) is 4.99 Å². The van der Waals surface area contributed by atoms with Crippen molar-refractivity contribution in [2.24, 2.45) is 4.99 Å². The van der Waals surface area contributed by atoms with Crippen LogP contribution in [0.3, 0.4) is 0 Å². The van der Waals surface area contributed by atoms with E-state index in [1.165, 1.54) is 76.5 Å². The van der Waals surface area contributed by atoms with Gasteiger partial charge in [-0.2, -0.15) is 0 Å². The van der Waals surface area contributed by atoms with Gasteiger partial charge in [0, 0.05) is 6.42 Å². The number of likely N-dealkylation sites (N-methyl/N-ethyl adjacent to an activating group) is 1. The highest BCUT2D eigenvalue weighted by Gasteiger charge is 2.35. The standard InChI is InChI=1S/C22H43N2O/c1-3-5-6-7-8-9-10-11-12-13-14-15-16-17-22-23-18-19-24(22,4-2)20-21-25/h11-12,25H,3-10,13-21H2,1-2H3/q+1/b12-11+. The summed E-state index contributed by atoms with van der Waals surface area (Å²) in [5, 5.41) is 9.35. The lowest BCUT2D eigenvalue weighted by Gasteiger charge is -2.33. The molecule has 146 valence electrons. The highest BCUT2D eigenvalue weighted by atomic mass is 16.3. The summed E-state index contributed by atoms with van der Waals surface area (Å²) in [4.78, 5) is 4.74. The van der Waals surface area contributed by atoms with Gasteiger partial charge in [0.2, 0.25) is 0 Å². The van der Waals surface area contributed by atoms with Gasteiger partial charge in [-0.3, -0.25) is 4.48 Å². The zero-order valence-electron chi connectivity index (χ0n) is 17.0. The van der Waals surface area contributed by atoms with Gasteiger partial charge >= 0.3 is 0 Å². The predicted octanol–water partition coefficient (Wildman–Crippen LogP) is 5.48. The first-order valence-corrected chi connectivity index (χ1v) is 10.9. The van der Waals surface area contributed by atoms with Gasteiger partial charge in [-0.1, -0.05) is 57.6 Å². The summed E-state index contributed by atoms with van der Waals surface area (Å²) >= 11 is 0. The number of nitrogens with zero attached hydrogens (tertiary/aromatic N) is 2. The maximum atomic E-state index is 9.35. The van der Waals surface area contributed by atoms with E-state index in [1.807, 2.05) is 0 Å². The van der Waals surface area contributed by atoms with Gasteiger partial charge in [0.05, 0.1) is 19.7 Å². The molecule has 25 heavy (non-hydrogen) atoms. The van der Waals surface area contributed by atoms with Crippen molar-refractivity contribution in [1.82, 2.24) is 0 Å². The zero-order chi connectivity index (χ0) is 18.2. The van der Waals surface area contributed by atoms with Gasteiger partial charge in [0.1, 0.15) is 13.1 Å². The van der Waals surface area contributed by atoms with Crippen LogP contribution in [-0.4, -0.2) is 48.2 Å². The minimum absolute atomic E-state index is 0.274. The molecule has 1 heterocycles. The number of unbranched alkanes of at least 4 members (excludes halogenated alkanes) is 9. The zero-order valence-corrected chi connectivity index (χ0v) is 17.0. The maximum Gasteiger partial charge on any atom is 0.198 e. The highest BCUT2D eigenvalue weighted by molar-refractivity contribution is 5.76. The molecular weight excluding hydrogens is 308 g/mol. The molecule has 3 nitrogen and oxygen atoms in total. The van der Waals surface area contributed by atoms with E-state index in [0.29, 0.717) is 0 Å². The molecule has 0 bridgehead atoms. The molecule has 1 unspecified atom stereocenters. The van der Waals surface area contributed by atoms with E-state index in [2.05, 4.69) is 26.0 Å². The molecule has 1 atom stereocenters. The minimum atomic E-state index is 0.274. The molecule has 0 saturated heterocycles. The quantitative estimate of drug-likeness (QED) is 0.223. The fraction of sp³-hybridized carbons (Fsp3) is 0.864. The van der Waals surface area contributed by atoms with Crippen molar-refractivity contribution in [3.05, 3.63) is 12.2 Å². The van der Waals surface area contributed by atoms with Gasteiger partial charge in [0.25, 0.3) is 0 Å². The summed E-state index contributed by atoms with van der Waals surface area (Å²) in [5.74, 6) is 1.34. The minimum Gasteiger partial charge on any atom is -0.390 e. The van der Waals surface area contributed by atoms with Crippen LogP contribution in [0.1, 0.15) is 90.9 Å². The van der Waals surface area contributed by atoms with E-state index in [9.17, 15) is 5.11 Å². The Bertz CT molecular complexity index is 378. The van der Waals surface area contributed by atoms with Crippen LogP contribution in [0.2, 0.25) is 0 Å². The third-order valence-electron chi connectivity index (χ3n) is 5.67. The molecule has 1 rings (SSSR count). The average molecular weight is 352 g/mol. The molecule has 1 aliphatic heterocycles. The molecule has 0 fully saturated rings. The van der Waals surface area contributed by atoms with Crippen LogP contribution in [0.5, 0.6) is 0 Å². The number of rotatable bonds is 16. The molecular formula is C22H43N2O+. The molecule has 0 aromatic heterocycles. The van der Waals surface area contributed by atoms with Crippen LogP contribution < -0.4 is 0 Å². The molecule has 0 aromatic carbocycles. The van der Waals surface area contributed by atoms with Gasteiger partial charge in [0.15, 0.2) is 5.84 Å². The van der Waals surface area contributed by atoms with Crippen molar-refractivity contribution < 1.29 is 9.59 Å². The number of hydrogen-bond acceptors (Lipinski definition) is 2. The van der Waals surface area contributed by atoms with Crippen molar-refractivity contribution >= 4 is 5.84 Å². The number of quaternary nitrogens is 1. The molecule has 0 aromatic rings. The molecule has 0 spiro atoms. The fourth-order valence-electron chi connectivity index (χ4n) is 3.90. The van der Waals surface area contributed by atoms with E-state index >= 15 is 0 Å². The Morgan fingerprint density at radius 3 is 2.20 bits per heavy atom. The molecule has 3 heteroatoms. The first-order chi connectivity index (χ1) is 12.3. The van der Waals surface area contributed by atoms with E-state index in [-0.39, 0.29) is 6.61 Å². The largest absolute Gasteiger partial charge is 0.390 e. The number of aliphatic hydroxyl groups is 1. The number of hydrogen-bond donors (Lipinski definition) is 1. The summed E-state index contributed by atoms with van der Waals surface area (Å²) in [6.07, 6.45) is 20.6. The molecule has 1 aliphatic rings. The van der Waals surface area contributed by atoms with Crippen molar-refractivity contribution in [1.29, 1.82) is 0 Å². The van der Waals surface area contributed by atoms with Crippen molar-refractivity contribution in [3.63, 3.8) is 0 Å². The monoisotopic (exact) mass is 351 g/mol. The lowest BCUT2D eigenvalue weighted by molar-refractivity contribution is -0.835. The Kier molecular flexibility index (Phi) is 13.0. The molecule has 0 amide bonds. The third-order valence-corrected chi connectivity index (χ3v) is 5.67. The fourth-order valence-corrected chi connectivity index (χ4v) is 3.90. The summed E-state index contributed by atoms with van der Waals surface area (Å²) in [7, 11) is 0. The highest BCUT2D eigenvalue weighted by Crippen LogP contribution is 2.19. The van der Waals surface area contributed by atoms with Gasteiger partial charge < -0.3 is 5.11 Å². The molecule has 1 N–H and O–H groups in total.